The molecule has 0 saturated carbocycles. The number of benzene rings is 2. The number of hydrogen-bond acceptors (Lipinski definition) is 5. The van der Waals surface area contributed by atoms with Gasteiger partial charge < -0.3 is 24.8 Å². The maximum Gasteiger partial charge on any atom is 0.410 e. The second-order valence-electron chi connectivity index (χ2n) is 9.38. The first-order chi connectivity index (χ1) is 16.5. The first-order valence-electron chi connectivity index (χ1n) is 11.6. The highest BCUT2D eigenvalue weighted by Gasteiger charge is 2.26. The smallest absolute Gasteiger partial charge is 0.410 e. The van der Waals surface area contributed by atoms with Gasteiger partial charge in [-0.3, -0.25) is 0 Å². The average molecular weight is 615 g/mol. The molecule has 0 atom stereocenters. The van der Waals surface area contributed by atoms with Crippen LogP contribution in [0.4, 0.5) is 16.2 Å². The average Bonchev–Trinajstić information content (AvgIpc) is 2.79. The maximum absolute atomic E-state index is 12.0. The van der Waals surface area contributed by atoms with Crippen molar-refractivity contribution in [2.45, 2.75) is 33.8 Å². The summed E-state index contributed by atoms with van der Waals surface area (Å²) < 4.78 is 5.38. The van der Waals surface area contributed by atoms with Crippen LogP contribution in [-0.2, 0) is 4.74 Å². The van der Waals surface area contributed by atoms with Gasteiger partial charge in [-0.15, -0.1) is 12.4 Å². The molecule has 1 amide bonds. The molecular formula is C26H37Cl5N4O2. The van der Waals surface area contributed by atoms with Crippen molar-refractivity contribution in [2.24, 2.45) is 0 Å². The largest absolute Gasteiger partial charge is 0.444 e. The van der Waals surface area contributed by atoms with Crippen LogP contribution in [0.15, 0.2) is 36.4 Å². The SMILES string of the molecule is C.CC(C)(C)OC(=O)N1CCN(c2ccc(Cl)cc2Cl)CC1.Cl.Clc1ccc(N2CCNCC2)c(Cl)c1. The molecular weight excluding hydrogens is 578 g/mol. The van der Waals surface area contributed by atoms with Gasteiger partial charge in [0.05, 0.1) is 21.4 Å². The number of nitrogens with zero attached hydrogens (tertiary/aromatic N) is 3. The third-order valence-electron chi connectivity index (χ3n) is 5.55. The fraction of sp³-hybridized carbons (Fsp3) is 0.500. The second kappa shape index (κ2) is 15.3. The topological polar surface area (TPSA) is 48.1 Å². The van der Waals surface area contributed by atoms with Gasteiger partial charge in [0, 0.05) is 62.4 Å². The van der Waals surface area contributed by atoms with E-state index < -0.39 is 5.60 Å². The van der Waals surface area contributed by atoms with Crippen LogP contribution in [0.5, 0.6) is 0 Å². The number of hydrogen-bond donors (Lipinski definition) is 1. The van der Waals surface area contributed by atoms with Crippen molar-refractivity contribution in [1.82, 2.24) is 10.2 Å². The molecule has 2 saturated heterocycles. The molecule has 2 aromatic carbocycles. The molecule has 0 radical (unpaired) electrons. The van der Waals surface area contributed by atoms with Gasteiger partial charge >= 0.3 is 6.09 Å². The third kappa shape index (κ3) is 10.4. The van der Waals surface area contributed by atoms with Gasteiger partial charge in [0.25, 0.3) is 0 Å². The Morgan fingerprint density at radius 2 is 1.22 bits per heavy atom. The molecule has 2 aliphatic heterocycles. The van der Waals surface area contributed by atoms with Crippen LogP contribution in [-0.4, -0.2) is 69.0 Å². The Bertz CT molecular complexity index is 1000. The van der Waals surface area contributed by atoms with E-state index in [4.69, 9.17) is 51.1 Å². The van der Waals surface area contributed by atoms with Crippen molar-refractivity contribution in [1.29, 1.82) is 0 Å². The molecule has 208 valence electrons. The maximum atomic E-state index is 12.0. The minimum absolute atomic E-state index is 0. The van der Waals surface area contributed by atoms with Crippen LogP contribution < -0.4 is 15.1 Å². The van der Waals surface area contributed by atoms with Gasteiger partial charge in [-0.05, 0) is 57.2 Å². The third-order valence-corrected chi connectivity index (χ3v) is 6.62. The zero-order chi connectivity index (χ0) is 25.6. The number of carbonyl (C=O) groups excluding carboxylic acids is 1. The zero-order valence-corrected chi connectivity index (χ0v) is 24.5. The minimum atomic E-state index is -0.465. The fourth-order valence-corrected chi connectivity index (χ4v) is 4.89. The van der Waals surface area contributed by atoms with Crippen molar-refractivity contribution >= 4 is 76.3 Å². The molecule has 2 heterocycles. The first-order valence-corrected chi connectivity index (χ1v) is 13.1. The number of ether oxygens (including phenoxy) is 1. The molecule has 0 unspecified atom stereocenters. The predicted octanol–water partition coefficient (Wildman–Crippen LogP) is 7.51. The molecule has 11 heteroatoms. The first kappa shape index (κ1) is 33.7. The van der Waals surface area contributed by atoms with Crippen molar-refractivity contribution in [2.75, 3.05) is 62.2 Å². The molecule has 37 heavy (non-hydrogen) atoms. The number of nitrogens with one attached hydrogen (secondary N) is 1. The summed E-state index contributed by atoms with van der Waals surface area (Å²) in [5, 5.41) is 5.98. The Morgan fingerprint density at radius 3 is 1.62 bits per heavy atom. The molecule has 4 rings (SSSR count). The fourth-order valence-electron chi connectivity index (χ4n) is 3.84. The Hall–Kier alpha value is -1.28. The lowest BCUT2D eigenvalue weighted by Gasteiger charge is -2.37. The summed E-state index contributed by atoms with van der Waals surface area (Å²) in [6, 6.07) is 11.1. The van der Waals surface area contributed by atoms with Gasteiger partial charge in [0.15, 0.2) is 0 Å². The lowest BCUT2D eigenvalue weighted by Crippen LogP contribution is -2.50. The molecule has 2 aliphatic rings. The highest BCUT2D eigenvalue weighted by molar-refractivity contribution is 6.37. The van der Waals surface area contributed by atoms with E-state index in [1.54, 1.807) is 17.0 Å². The van der Waals surface area contributed by atoms with E-state index in [-0.39, 0.29) is 25.9 Å². The molecule has 1 N–H and O–H groups in total. The molecule has 0 bridgehead atoms. The highest BCUT2D eigenvalue weighted by Crippen LogP contribution is 2.30. The standard InChI is InChI=1S/C15H20Cl2N2O2.C10H12Cl2N2.CH4.ClH/c1-15(2,3)21-14(20)19-8-6-18(7-9-19)13-5-4-11(16)10-12(13)17;11-8-1-2-10(9(12)7-8)14-5-3-13-4-6-14;;/h4-5,10H,6-9H2,1-3H3;1-2,7,13H,3-6H2;1H4;1H. The summed E-state index contributed by atoms with van der Waals surface area (Å²) in [6.07, 6.45) is -0.260. The number of amides is 1. The minimum Gasteiger partial charge on any atom is -0.444 e. The van der Waals surface area contributed by atoms with E-state index >= 15 is 0 Å². The van der Waals surface area contributed by atoms with Crippen LogP contribution in [0, 0.1) is 0 Å². The van der Waals surface area contributed by atoms with E-state index in [9.17, 15) is 4.79 Å². The summed E-state index contributed by atoms with van der Waals surface area (Å²) in [6.45, 7) is 12.3. The number of piperazine rings is 2. The molecule has 0 spiro atoms. The normalized spacial score (nSPS) is 15.6. The summed E-state index contributed by atoms with van der Waals surface area (Å²) in [5.41, 5.74) is 1.57. The van der Waals surface area contributed by atoms with Crippen LogP contribution in [0.2, 0.25) is 20.1 Å². The summed E-state index contributed by atoms with van der Waals surface area (Å²) in [4.78, 5) is 18.2. The Balaban J connectivity index is 0.000000375. The zero-order valence-electron chi connectivity index (χ0n) is 20.7. The van der Waals surface area contributed by atoms with Gasteiger partial charge in [0.2, 0.25) is 0 Å². The molecule has 0 aliphatic carbocycles. The quantitative estimate of drug-likeness (QED) is 0.379. The predicted molar refractivity (Wildman–Crippen MR) is 162 cm³/mol. The Labute approximate surface area is 247 Å². The lowest BCUT2D eigenvalue weighted by atomic mass is 10.2. The van der Waals surface area contributed by atoms with E-state index in [1.807, 2.05) is 45.0 Å². The van der Waals surface area contributed by atoms with Gasteiger partial charge in [-0.2, -0.15) is 0 Å². The van der Waals surface area contributed by atoms with Crippen LogP contribution in [0.1, 0.15) is 28.2 Å². The summed E-state index contributed by atoms with van der Waals surface area (Å²) in [5.74, 6) is 0. The summed E-state index contributed by atoms with van der Waals surface area (Å²) >= 11 is 24.1. The van der Waals surface area contributed by atoms with Crippen LogP contribution in [0.3, 0.4) is 0 Å². The van der Waals surface area contributed by atoms with Crippen molar-refractivity contribution in [3.8, 4) is 0 Å². The molecule has 6 nitrogen and oxygen atoms in total. The summed E-state index contributed by atoms with van der Waals surface area (Å²) in [7, 11) is 0. The number of carbonyl (C=O) groups is 1. The van der Waals surface area contributed by atoms with Gasteiger partial charge in [-0.1, -0.05) is 53.8 Å². The second-order valence-corrected chi connectivity index (χ2v) is 11.1. The monoisotopic (exact) mass is 612 g/mol. The van der Waals surface area contributed by atoms with Gasteiger partial charge in [-0.25, -0.2) is 4.79 Å². The van der Waals surface area contributed by atoms with Crippen molar-refractivity contribution in [3.63, 3.8) is 0 Å². The van der Waals surface area contributed by atoms with E-state index in [0.29, 0.717) is 28.2 Å². The number of anilines is 2. The Morgan fingerprint density at radius 1 is 0.784 bits per heavy atom. The van der Waals surface area contributed by atoms with Gasteiger partial charge in [0.1, 0.15) is 5.60 Å². The Kier molecular flexibility index (Phi) is 14.0. The van der Waals surface area contributed by atoms with E-state index in [2.05, 4.69) is 15.1 Å². The molecule has 2 fully saturated rings. The van der Waals surface area contributed by atoms with E-state index in [1.165, 1.54) is 0 Å². The number of rotatable bonds is 2. The van der Waals surface area contributed by atoms with Crippen molar-refractivity contribution < 1.29 is 9.53 Å². The molecule has 0 aromatic heterocycles. The van der Waals surface area contributed by atoms with Crippen LogP contribution >= 0.6 is 58.8 Å². The van der Waals surface area contributed by atoms with E-state index in [0.717, 1.165) is 55.7 Å². The highest BCUT2D eigenvalue weighted by atomic mass is 35.5. The number of halogens is 5. The molecule has 2 aromatic rings. The van der Waals surface area contributed by atoms with Crippen LogP contribution in [0.25, 0.3) is 0 Å². The van der Waals surface area contributed by atoms with Crippen molar-refractivity contribution in [3.05, 3.63) is 56.5 Å². The lowest BCUT2D eigenvalue weighted by molar-refractivity contribution is 0.0240.